The maximum atomic E-state index is 12.6. The van der Waals surface area contributed by atoms with E-state index in [1.807, 2.05) is 4.90 Å². The molecule has 2 amide bonds. The normalized spacial score (nSPS) is 31.3. The number of rotatable bonds is 23. The molecule has 9 aliphatic rings. The van der Waals surface area contributed by atoms with Crippen LogP contribution in [0.5, 0.6) is 0 Å². The second-order valence-corrected chi connectivity index (χ2v) is 23.9. The summed E-state index contributed by atoms with van der Waals surface area (Å²) >= 11 is 0. The highest BCUT2D eigenvalue weighted by Crippen LogP contribution is 2.24. The largest absolute Gasteiger partial charge is 0.501 e. The summed E-state index contributed by atoms with van der Waals surface area (Å²) in [5.41, 5.74) is 0. The van der Waals surface area contributed by atoms with Gasteiger partial charge >= 0.3 is 38.6 Å². The van der Waals surface area contributed by atoms with E-state index in [-0.39, 0.29) is 19.8 Å². The minimum atomic E-state index is -2.76. The molecule has 9 fully saturated rings. The Morgan fingerprint density at radius 2 is 0.820 bits per heavy atom. The number of alkyl carbamates (subject to hydrolysis) is 2. The molecular formula is C36H71N7O15Si3. The molecule has 0 aromatic carbocycles. The molecule has 1 unspecified atom stereocenters. The van der Waals surface area contributed by atoms with Crippen molar-refractivity contribution in [3.8, 4) is 0 Å². The monoisotopic (exact) mass is 925 g/mol. The van der Waals surface area contributed by atoms with Crippen molar-refractivity contribution in [1.29, 1.82) is 0 Å². The van der Waals surface area contributed by atoms with E-state index < -0.39 is 45.0 Å². The molecule has 0 aromatic rings. The highest BCUT2D eigenvalue weighted by atomic mass is 28.4. The average molecular weight is 926 g/mol. The minimum absolute atomic E-state index is 0.0924. The highest BCUT2D eigenvalue weighted by molar-refractivity contribution is 6.61. The maximum absolute atomic E-state index is 12.6. The van der Waals surface area contributed by atoms with Gasteiger partial charge in [0.05, 0.1) is 66.1 Å². The first-order chi connectivity index (χ1) is 29.8. The van der Waals surface area contributed by atoms with Crippen LogP contribution in [0.25, 0.3) is 0 Å². The van der Waals surface area contributed by atoms with Crippen LogP contribution in [0, 0.1) is 0 Å². The molecule has 0 radical (unpaired) electrons. The van der Waals surface area contributed by atoms with Gasteiger partial charge in [0.2, 0.25) is 6.41 Å². The van der Waals surface area contributed by atoms with Gasteiger partial charge in [-0.1, -0.05) is 0 Å². The van der Waals surface area contributed by atoms with Crippen molar-refractivity contribution in [1.82, 2.24) is 35.6 Å². The first-order valence-electron chi connectivity index (χ1n) is 22.3. The fourth-order valence-electron chi connectivity index (χ4n) is 7.85. The minimum Gasteiger partial charge on any atom is -0.448 e. The summed E-state index contributed by atoms with van der Waals surface area (Å²) in [6.07, 6.45) is -0.295. The lowest BCUT2D eigenvalue weighted by molar-refractivity contribution is -0.123. The third kappa shape index (κ3) is 17.5. The number of amides is 2. The molecule has 9 saturated heterocycles. The first kappa shape index (κ1) is 49.0. The van der Waals surface area contributed by atoms with Crippen LogP contribution in [0.1, 0.15) is 19.3 Å². The molecular weight excluding hydrogens is 855 g/mol. The number of fused-ring (bicyclic) bond motifs is 18. The first-order valence-corrected chi connectivity index (χ1v) is 28.1. The van der Waals surface area contributed by atoms with Crippen molar-refractivity contribution in [2.24, 2.45) is 0 Å². The highest BCUT2D eigenvalue weighted by Gasteiger charge is 2.45. The van der Waals surface area contributed by atoms with E-state index in [4.69, 9.17) is 54.0 Å². The van der Waals surface area contributed by atoms with Gasteiger partial charge in [0.1, 0.15) is 13.2 Å². The Hall–Kier alpha value is -1.45. The molecule has 9 aliphatic heterocycles. The Morgan fingerprint density at radius 3 is 1.16 bits per heavy atom. The third-order valence-electron chi connectivity index (χ3n) is 11.4. The molecule has 6 bridgehead atoms. The second kappa shape index (κ2) is 26.5. The van der Waals surface area contributed by atoms with Crippen molar-refractivity contribution in [2.75, 3.05) is 177 Å². The van der Waals surface area contributed by atoms with Gasteiger partial charge < -0.3 is 69.8 Å². The fraction of sp³-hybridized carbons (Fsp3) is 0.944. The van der Waals surface area contributed by atoms with E-state index in [2.05, 4.69) is 30.7 Å². The zero-order valence-electron chi connectivity index (χ0n) is 35.9. The summed E-state index contributed by atoms with van der Waals surface area (Å²) in [6, 6.07) is 1.89. The Balaban J connectivity index is 0.872. The molecule has 352 valence electrons. The van der Waals surface area contributed by atoms with Crippen LogP contribution in [0.15, 0.2) is 0 Å². The van der Waals surface area contributed by atoms with Gasteiger partial charge in [-0.3, -0.25) is 24.9 Å². The standard InChI is InChI=1S/C36H71N7O15Si3/c44-34(37-4-1-31-59-50-22-10-41(11-23-51-59)12-24-52-59)47-19-7-40(8-20-48-35(45)38-5-2-32-60-53-25-13-42(14-26-54-60)15-27-55-60)9-21-49-36(46)39-6-3-33-61-56-28-16-43(17-29-57-61)18-30-58-61/h34,37,44H,1-33H2,(H,38,45)(H,39,46). The number of nitrogens with zero attached hydrogens (tertiary/aromatic N) is 4. The molecule has 0 spiro atoms. The fourth-order valence-corrected chi connectivity index (χ4v) is 15.3. The summed E-state index contributed by atoms with van der Waals surface area (Å²) in [7, 11) is -8.26. The lowest BCUT2D eigenvalue weighted by Crippen LogP contribution is -2.55. The molecule has 22 nitrogen and oxygen atoms in total. The summed E-state index contributed by atoms with van der Waals surface area (Å²) in [4.78, 5) is 34.0. The van der Waals surface area contributed by atoms with E-state index in [0.29, 0.717) is 136 Å². The van der Waals surface area contributed by atoms with Crippen molar-refractivity contribution >= 4 is 38.6 Å². The molecule has 1 atom stereocenters. The Morgan fingerprint density at radius 1 is 0.508 bits per heavy atom. The van der Waals surface area contributed by atoms with E-state index in [1.54, 1.807) is 0 Å². The van der Waals surface area contributed by atoms with Crippen LogP contribution in [-0.4, -0.2) is 247 Å². The quantitative estimate of drug-likeness (QED) is 0.0535. The van der Waals surface area contributed by atoms with Gasteiger partial charge in [-0.2, -0.15) is 0 Å². The summed E-state index contributed by atoms with van der Waals surface area (Å²) < 4.78 is 71.4. The summed E-state index contributed by atoms with van der Waals surface area (Å²) in [6.45, 7) is 15.9. The zero-order valence-corrected chi connectivity index (χ0v) is 38.9. The summed E-state index contributed by atoms with van der Waals surface area (Å²) in [5, 5.41) is 19.2. The van der Waals surface area contributed by atoms with Gasteiger partial charge in [-0.05, 0) is 25.8 Å². The SMILES string of the molecule is O=C(NCCC[Si]12OCCN(CCO1)CCO2)OCCN(CCOC(=O)NCCC[Si]12OCCN(CCO1)CCO2)CCOC(O)NCCC[Si]12OCCN(CCO1)CCO2. The van der Waals surface area contributed by atoms with Crippen LogP contribution >= 0.6 is 0 Å². The topological polar surface area (TPSA) is 214 Å². The molecule has 4 N–H and O–H groups in total. The van der Waals surface area contributed by atoms with E-state index in [9.17, 15) is 14.7 Å². The van der Waals surface area contributed by atoms with Crippen LogP contribution in [0.2, 0.25) is 18.1 Å². The third-order valence-corrected chi connectivity index (χ3v) is 20.1. The van der Waals surface area contributed by atoms with Gasteiger partial charge in [-0.15, -0.1) is 0 Å². The maximum Gasteiger partial charge on any atom is 0.501 e. The van der Waals surface area contributed by atoms with E-state index in [1.165, 1.54) is 0 Å². The predicted octanol–water partition coefficient (Wildman–Crippen LogP) is -1.25. The number of ether oxygens (including phenoxy) is 3. The van der Waals surface area contributed by atoms with Crippen LogP contribution < -0.4 is 16.0 Å². The van der Waals surface area contributed by atoms with E-state index in [0.717, 1.165) is 58.9 Å². The summed E-state index contributed by atoms with van der Waals surface area (Å²) in [5.74, 6) is 0. The number of aliphatic hydroxyl groups excluding tert-OH is 1. The van der Waals surface area contributed by atoms with Crippen molar-refractivity contribution in [3.63, 3.8) is 0 Å². The lowest BCUT2D eigenvalue weighted by Gasteiger charge is -2.38. The molecule has 0 aliphatic carbocycles. The number of hydrogen-bond donors (Lipinski definition) is 4. The van der Waals surface area contributed by atoms with Crippen molar-refractivity contribution in [2.45, 2.75) is 43.8 Å². The number of carbonyl (C=O) groups is 2. The average Bonchev–Trinajstić information content (AvgIpc) is 3.17. The lowest BCUT2D eigenvalue weighted by atomic mass is 10.4. The van der Waals surface area contributed by atoms with Crippen LogP contribution in [0.4, 0.5) is 9.59 Å². The van der Waals surface area contributed by atoms with Crippen molar-refractivity contribution < 1.29 is 68.7 Å². The zero-order chi connectivity index (χ0) is 42.5. The molecule has 9 rings (SSSR count). The van der Waals surface area contributed by atoms with Crippen LogP contribution in [-0.2, 0) is 54.0 Å². The van der Waals surface area contributed by atoms with Crippen molar-refractivity contribution in [3.05, 3.63) is 0 Å². The van der Waals surface area contributed by atoms with Gasteiger partial charge in [0, 0.05) is 110 Å². The molecule has 61 heavy (non-hydrogen) atoms. The molecule has 9 heterocycles. The predicted molar refractivity (Wildman–Crippen MR) is 224 cm³/mol. The second-order valence-electron chi connectivity index (χ2n) is 15.7. The number of nitrogens with one attached hydrogen (secondary N) is 3. The van der Waals surface area contributed by atoms with Gasteiger partial charge in [0.25, 0.3) is 0 Å². The number of aliphatic hydroxyl groups is 1. The van der Waals surface area contributed by atoms with E-state index >= 15 is 0 Å². The smallest absolute Gasteiger partial charge is 0.448 e. The van der Waals surface area contributed by atoms with Crippen LogP contribution in [0.3, 0.4) is 0 Å². The molecule has 25 heteroatoms. The Kier molecular flexibility index (Phi) is 21.3. The molecule has 0 saturated carbocycles. The number of carbonyl (C=O) groups excluding carboxylic acids is 2. The Labute approximate surface area is 363 Å². The molecule has 0 aromatic heterocycles. The Bertz CT molecular complexity index is 1150. The van der Waals surface area contributed by atoms with Gasteiger partial charge in [-0.25, -0.2) is 9.59 Å². The number of hydrogen-bond acceptors (Lipinski definition) is 20. The van der Waals surface area contributed by atoms with Gasteiger partial charge in [0.15, 0.2) is 0 Å².